The molecule has 132 valence electrons. The minimum atomic E-state index is -3.02. The summed E-state index contributed by atoms with van der Waals surface area (Å²) in [4.78, 5) is 14.2. The lowest BCUT2D eigenvalue weighted by Crippen LogP contribution is -2.34. The number of aryl methyl sites for hydroxylation is 1. The molecule has 0 aliphatic carbocycles. The highest BCUT2D eigenvalue weighted by atomic mass is 32.2. The maximum absolute atomic E-state index is 12.3. The fraction of sp³-hybridized carbons (Fsp3) is 0.500. The van der Waals surface area contributed by atoms with Crippen molar-refractivity contribution in [3.05, 3.63) is 37.1 Å². The smallest absolute Gasteiger partial charge is 0.239 e. The zero-order valence-corrected chi connectivity index (χ0v) is 14.8. The van der Waals surface area contributed by atoms with Crippen molar-refractivity contribution in [1.82, 2.24) is 14.7 Å². The number of nitrogens with zero attached hydrogens (tertiary/aromatic N) is 3. The number of anilines is 1. The lowest BCUT2D eigenvalue weighted by molar-refractivity contribution is -0.117. The predicted octanol–water partition coefficient (Wildman–Crippen LogP) is 1.16. The summed E-state index contributed by atoms with van der Waals surface area (Å²) in [5.74, 6) is 0.587. The van der Waals surface area contributed by atoms with Crippen molar-refractivity contribution in [2.75, 3.05) is 36.5 Å². The number of hydrogen-bond donors (Lipinski definition) is 1. The Morgan fingerprint density at radius 2 is 2.12 bits per heavy atom. The molecule has 1 N–H and O–H groups in total. The summed E-state index contributed by atoms with van der Waals surface area (Å²) in [6.07, 6.45) is 3.98. The van der Waals surface area contributed by atoms with Crippen LogP contribution >= 0.6 is 0 Å². The minimum absolute atomic E-state index is 0.0655. The first-order chi connectivity index (χ1) is 11.3. The molecule has 1 aromatic rings. The summed E-state index contributed by atoms with van der Waals surface area (Å²) in [7, 11) is -3.02. The van der Waals surface area contributed by atoms with E-state index in [2.05, 4.69) is 23.6 Å². The van der Waals surface area contributed by atoms with E-state index < -0.39 is 9.84 Å². The van der Waals surface area contributed by atoms with Crippen LogP contribution in [0.5, 0.6) is 0 Å². The van der Waals surface area contributed by atoms with Crippen LogP contribution < -0.4 is 5.32 Å². The highest BCUT2D eigenvalue weighted by molar-refractivity contribution is 7.91. The van der Waals surface area contributed by atoms with Gasteiger partial charge in [0.25, 0.3) is 0 Å². The molecule has 0 spiro atoms. The number of carbonyl (C=O) groups excluding carboxylic acids is 1. The van der Waals surface area contributed by atoms with Crippen molar-refractivity contribution in [3.63, 3.8) is 0 Å². The summed E-state index contributed by atoms with van der Waals surface area (Å²) < 4.78 is 25.0. The third-order valence-corrected chi connectivity index (χ3v) is 5.57. The average molecular weight is 352 g/mol. The van der Waals surface area contributed by atoms with E-state index in [1.165, 1.54) is 0 Å². The van der Waals surface area contributed by atoms with Crippen LogP contribution in [0, 0.1) is 6.92 Å². The summed E-state index contributed by atoms with van der Waals surface area (Å²) in [6.45, 7) is 10.5. The van der Waals surface area contributed by atoms with E-state index in [0.717, 1.165) is 5.69 Å². The third kappa shape index (κ3) is 4.78. The van der Waals surface area contributed by atoms with E-state index in [9.17, 15) is 13.2 Å². The second kappa shape index (κ2) is 7.76. The van der Waals surface area contributed by atoms with Crippen molar-refractivity contribution < 1.29 is 13.2 Å². The first-order valence-electron chi connectivity index (χ1n) is 7.85. The molecular formula is C16H24N4O3S. The largest absolute Gasteiger partial charge is 0.310 e. The van der Waals surface area contributed by atoms with Crippen LogP contribution in [0.25, 0.3) is 0 Å². The molecule has 1 fully saturated rings. The Labute approximate surface area is 142 Å². The Bertz CT molecular complexity index is 714. The second-order valence-corrected chi connectivity index (χ2v) is 8.22. The monoisotopic (exact) mass is 352 g/mol. The second-order valence-electron chi connectivity index (χ2n) is 5.99. The van der Waals surface area contributed by atoms with Gasteiger partial charge in [0, 0.05) is 19.2 Å². The summed E-state index contributed by atoms with van der Waals surface area (Å²) >= 11 is 0. The van der Waals surface area contributed by atoms with Crippen molar-refractivity contribution >= 4 is 21.6 Å². The Kier molecular flexibility index (Phi) is 5.95. The number of nitrogens with one attached hydrogen (secondary N) is 1. The topological polar surface area (TPSA) is 84.3 Å². The zero-order valence-electron chi connectivity index (χ0n) is 13.9. The number of carbonyl (C=O) groups is 1. The lowest BCUT2D eigenvalue weighted by atomic mass is 10.3. The summed E-state index contributed by atoms with van der Waals surface area (Å²) in [5.41, 5.74) is 0.739. The molecule has 1 saturated heterocycles. The fourth-order valence-electron chi connectivity index (χ4n) is 2.81. The number of aromatic nitrogens is 2. The molecule has 2 rings (SSSR count). The van der Waals surface area contributed by atoms with Gasteiger partial charge in [-0.25, -0.2) is 13.1 Å². The lowest BCUT2D eigenvalue weighted by Gasteiger charge is -2.19. The van der Waals surface area contributed by atoms with Crippen molar-refractivity contribution in [2.45, 2.75) is 19.4 Å². The number of hydrogen-bond acceptors (Lipinski definition) is 5. The summed E-state index contributed by atoms with van der Waals surface area (Å²) in [5, 5.41) is 7.19. The van der Waals surface area contributed by atoms with Gasteiger partial charge in [-0.1, -0.05) is 12.2 Å². The summed E-state index contributed by atoms with van der Waals surface area (Å²) in [6, 6.07) is 1.53. The Morgan fingerprint density at radius 3 is 2.67 bits per heavy atom. The highest BCUT2D eigenvalue weighted by Gasteiger charge is 2.31. The van der Waals surface area contributed by atoms with Gasteiger partial charge in [-0.2, -0.15) is 5.10 Å². The quantitative estimate of drug-likeness (QED) is 0.710. The Hall–Kier alpha value is -1.93. The molecule has 7 nitrogen and oxygen atoms in total. The van der Waals surface area contributed by atoms with E-state index in [0.29, 0.717) is 25.3 Å². The van der Waals surface area contributed by atoms with Crippen LogP contribution in [0.3, 0.4) is 0 Å². The van der Waals surface area contributed by atoms with Gasteiger partial charge in [-0.15, -0.1) is 13.2 Å². The maximum Gasteiger partial charge on any atom is 0.239 e. The van der Waals surface area contributed by atoms with E-state index in [1.54, 1.807) is 22.9 Å². The van der Waals surface area contributed by atoms with E-state index in [4.69, 9.17) is 0 Å². The predicted molar refractivity (Wildman–Crippen MR) is 94.7 cm³/mol. The number of rotatable bonds is 8. The standard InChI is InChI=1S/C16H24N4O3S/c1-4-7-19(8-5-2)11-16(21)17-15-10-13(3)18-20(15)14-6-9-24(22,23)12-14/h4-5,10,14H,1-2,6-9,11-12H2,3H3,(H,17,21). The van der Waals surface area contributed by atoms with E-state index >= 15 is 0 Å². The third-order valence-electron chi connectivity index (χ3n) is 3.82. The van der Waals surface area contributed by atoms with Gasteiger partial charge in [-0.3, -0.25) is 9.69 Å². The molecule has 0 aromatic carbocycles. The first kappa shape index (κ1) is 18.4. The highest BCUT2D eigenvalue weighted by Crippen LogP contribution is 2.27. The van der Waals surface area contributed by atoms with Gasteiger partial charge in [0.2, 0.25) is 5.91 Å². The normalized spacial score (nSPS) is 19.3. The van der Waals surface area contributed by atoms with Crippen molar-refractivity contribution in [3.8, 4) is 0 Å². The fourth-order valence-corrected chi connectivity index (χ4v) is 4.50. The minimum Gasteiger partial charge on any atom is -0.310 e. The Balaban J connectivity index is 2.08. The van der Waals surface area contributed by atoms with Crippen LogP contribution in [0.1, 0.15) is 18.2 Å². The van der Waals surface area contributed by atoms with E-state index in [-0.39, 0.29) is 30.0 Å². The zero-order chi connectivity index (χ0) is 17.7. The molecule has 1 aliphatic rings. The molecular weight excluding hydrogens is 328 g/mol. The molecule has 1 unspecified atom stereocenters. The molecule has 1 aromatic heterocycles. The van der Waals surface area contributed by atoms with Gasteiger partial charge in [0.15, 0.2) is 9.84 Å². The molecule has 1 amide bonds. The van der Waals surface area contributed by atoms with Crippen LogP contribution in [0.15, 0.2) is 31.4 Å². The van der Waals surface area contributed by atoms with Gasteiger partial charge in [-0.05, 0) is 13.3 Å². The molecule has 0 radical (unpaired) electrons. The Morgan fingerprint density at radius 1 is 1.46 bits per heavy atom. The molecule has 0 bridgehead atoms. The van der Waals surface area contributed by atoms with Gasteiger partial charge in [0.05, 0.1) is 29.8 Å². The molecule has 2 heterocycles. The number of amides is 1. The van der Waals surface area contributed by atoms with Crippen molar-refractivity contribution in [2.24, 2.45) is 0 Å². The van der Waals surface area contributed by atoms with Gasteiger partial charge >= 0.3 is 0 Å². The first-order valence-corrected chi connectivity index (χ1v) is 9.67. The molecule has 8 heteroatoms. The van der Waals surface area contributed by atoms with Gasteiger partial charge < -0.3 is 5.32 Å². The van der Waals surface area contributed by atoms with E-state index in [1.807, 2.05) is 11.8 Å². The van der Waals surface area contributed by atoms with Crippen LogP contribution in [-0.2, 0) is 14.6 Å². The molecule has 0 saturated carbocycles. The van der Waals surface area contributed by atoms with Gasteiger partial charge in [0.1, 0.15) is 5.82 Å². The van der Waals surface area contributed by atoms with Crippen LogP contribution in [0.4, 0.5) is 5.82 Å². The number of sulfone groups is 1. The molecule has 1 atom stereocenters. The molecule has 1 aliphatic heterocycles. The molecule has 24 heavy (non-hydrogen) atoms. The maximum atomic E-state index is 12.3. The van der Waals surface area contributed by atoms with Crippen LogP contribution in [0.2, 0.25) is 0 Å². The average Bonchev–Trinajstić information content (AvgIpc) is 3.01. The SMILES string of the molecule is C=CCN(CC=C)CC(=O)Nc1cc(C)nn1C1CCS(=O)(=O)C1. The van der Waals surface area contributed by atoms with Crippen molar-refractivity contribution in [1.29, 1.82) is 0 Å². The van der Waals surface area contributed by atoms with Crippen LogP contribution in [-0.4, -0.2) is 60.1 Å².